The Morgan fingerprint density at radius 2 is 1.64 bits per heavy atom. The predicted molar refractivity (Wildman–Crippen MR) is 91.0 cm³/mol. The van der Waals surface area contributed by atoms with Crippen molar-refractivity contribution in [2.75, 3.05) is 5.32 Å². The second-order valence-electron chi connectivity index (χ2n) is 5.49. The van der Waals surface area contributed by atoms with Gasteiger partial charge in [-0.25, -0.2) is 9.37 Å². The van der Waals surface area contributed by atoms with E-state index in [1.807, 2.05) is 6.92 Å². The fourth-order valence-corrected chi connectivity index (χ4v) is 3.24. The number of benzene rings is 2. The first-order valence-corrected chi connectivity index (χ1v) is 8.28. The summed E-state index contributed by atoms with van der Waals surface area (Å²) in [6, 6.07) is 11.1. The van der Waals surface area contributed by atoms with Crippen molar-refractivity contribution in [3.05, 3.63) is 71.2 Å². The van der Waals surface area contributed by atoms with E-state index in [0.717, 1.165) is 28.4 Å². The molecule has 7 heteroatoms. The summed E-state index contributed by atoms with van der Waals surface area (Å²) in [6.45, 7) is 2.34. The van der Waals surface area contributed by atoms with Gasteiger partial charge in [0.2, 0.25) is 0 Å². The molecule has 1 heterocycles. The Labute approximate surface area is 146 Å². The Bertz CT molecular complexity index is 852. The number of aryl methyl sites for hydroxylation is 1. The van der Waals surface area contributed by atoms with Gasteiger partial charge in [-0.05, 0) is 36.8 Å². The fraction of sp³-hybridized carbons (Fsp3) is 0.167. The molecule has 0 amide bonds. The lowest BCUT2D eigenvalue weighted by Crippen LogP contribution is -2.03. The van der Waals surface area contributed by atoms with Gasteiger partial charge in [0.05, 0.1) is 11.3 Å². The molecule has 25 heavy (non-hydrogen) atoms. The van der Waals surface area contributed by atoms with Crippen LogP contribution in [0.1, 0.15) is 16.8 Å². The molecule has 0 bridgehead atoms. The topological polar surface area (TPSA) is 24.9 Å². The number of hydrogen-bond donors (Lipinski definition) is 1. The van der Waals surface area contributed by atoms with Crippen LogP contribution >= 0.6 is 11.3 Å². The van der Waals surface area contributed by atoms with Crippen LogP contribution in [-0.4, -0.2) is 4.98 Å². The predicted octanol–water partition coefficient (Wildman–Crippen LogP) is 5.89. The van der Waals surface area contributed by atoms with Crippen molar-refractivity contribution in [3.63, 3.8) is 0 Å². The van der Waals surface area contributed by atoms with E-state index in [1.54, 1.807) is 12.1 Å². The molecule has 0 radical (unpaired) electrons. The number of halogens is 4. The highest BCUT2D eigenvalue weighted by Crippen LogP contribution is 2.34. The van der Waals surface area contributed by atoms with Crippen molar-refractivity contribution in [1.82, 2.24) is 4.98 Å². The largest absolute Gasteiger partial charge is 0.416 e. The average molecular weight is 366 g/mol. The maximum absolute atomic E-state index is 12.9. The van der Waals surface area contributed by atoms with E-state index in [-0.39, 0.29) is 5.82 Å². The smallest absolute Gasteiger partial charge is 0.371 e. The minimum Gasteiger partial charge on any atom is -0.371 e. The van der Waals surface area contributed by atoms with E-state index in [4.69, 9.17) is 0 Å². The summed E-state index contributed by atoms with van der Waals surface area (Å²) in [4.78, 5) is 4.41. The molecule has 0 saturated heterocycles. The van der Waals surface area contributed by atoms with E-state index in [1.165, 1.54) is 35.6 Å². The van der Waals surface area contributed by atoms with E-state index >= 15 is 0 Å². The zero-order valence-electron chi connectivity index (χ0n) is 13.2. The van der Waals surface area contributed by atoms with Crippen LogP contribution in [0.2, 0.25) is 0 Å². The molecule has 2 aromatic carbocycles. The lowest BCUT2D eigenvalue weighted by Gasteiger charge is -2.06. The van der Waals surface area contributed by atoms with Crippen LogP contribution in [0.4, 0.5) is 22.6 Å². The quantitative estimate of drug-likeness (QED) is 0.583. The number of aromatic nitrogens is 1. The Morgan fingerprint density at radius 3 is 2.24 bits per heavy atom. The van der Waals surface area contributed by atoms with Crippen LogP contribution in [0.5, 0.6) is 0 Å². The molecular weight excluding hydrogens is 352 g/mol. The summed E-state index contributed by atoms with van der Waals surface area (Å²) < 4.78 is 50.8. The van der Waals surface area contributed by atoms with Gasteiger partial charge in [-0.2, -0.15) is 13.2 Å². The molecule has 0 saturated carbocycles. The Morgan fingerprint density at radius 1 is 1.00 bits per heavy atom. The van der Waals surface area contributed by atoms with Crippen molar-refractivity contribution in [3.8, 4) is 10.6 Å². The van der Waals surface area contributed by atoms with Crippen LogP contribution in [-0.2, 0) is 12.7 Å². The van der Waals surface area contributed by atoms with Crippen molar-refractivity contribution in [1.29, 1.82) is 0 Å². The normalized spacial score (nSPS) is 11.6. The number of nitrogens with one attached hydrogen (secondary N) is 1. The molecule has 0 aliphatic heterocycles. The third-order valence-electron chi connectivity index (χ3n) is 3.62. The fourth-order valence-electron chi connectivity index (χ4n) is 2.27. The van der Waals surface area contributed by atoms with Crippen molar-refractivity contribution >= 4 is 16.3 Å². The van der Waals surface area contributed by atoms with Crippen molar-refractivity contribution < 1.29 is 17.6 Å². The van der Waals surface area contributed by atoms with Crippen LogP contribution in [0.3, 0.4) is 0 Å². The third-order valence-corrected chi connectivity index (χ3v) is 4.79. The van der Waals surface area contributed by atoms with Crippen LogP contribution in [0.15, 0.2) is 48.5 Å². The highest BCUT2D eigenvalue weighted by molar-refractivity contribution is 7.19. The lowest BCUT2D eigenvalue weighted by atomic mass is 10.1. The number of thiazole rings is 1. The van der Waals surface area contributed by atoms with Gasteiger partial charge in [-0.1, -0.05) is 35.6 Å². The summed E-state index contributed by atoms with van der Waals surface area (Å²) in [5, 5.41) is 4.71. The van der Waals surface area contributed by atoms with E-state index < -0.39 is 11.7 Å². The van der Waals surface area contributed by atoms with Crippen LogP contribution in [0, 0.1) is 12.7 Å². The van der Waals surface area contributed by atoms with Gasteiger partial charge in [-0.3, -0.25) is 0 Å². The van der Waals surface area contributed by atoms with E-state index in [2.05, 4.69) is 10.3 Å². The Kier molecular flexibility index (Phi) is 4.76. The summed E-state index contributed by atoms with van der Waals surface area (Å²) in [5.74, 6) is -0.290. The summed E-state index contributed by atoms with van der Waals surface area (Å²) >= 11 is 1.37. The summed E-state index contributed by atoms with van der Waals surface area (Å²) in [6.07, 6.45) is -4.35. The molecule has 130 valence electrons. The van der Waals surface area contributed by atoms with Gasteiger partial charge in [0.1, 0.15) is 15.8 Å². The minimum atomic E-state index is -4.35. The standard InChI is InChI=1S/C18H14F4N2S/c1-11-16(23-10-12-2-8-15(19)9-3-12)25-17(24-11)13-4-6-14(7-5-13)18(20,21)22/h2-9,23H,10H2,1H3. The maximum Gasteiger partial charge on any atom is 0.416 e. The number of alkyl halides is 3. The first kappa shape index (κ1) is 17.4. The molecule has 3 rings (SSSR count). The molecule has 3 aromatic rings. The number of rotatable bonds is 4. The molecule has 1 aromatic heterocycles. The van der Waals surface area contributed by atoms with Crippen LogP contribution in [0.25, 0.3) is 10.6 Å². The number of nitrogens with zero attached hydrogens (tertiary/aromatic N) is 1. The highest BCUT2D eigenvalue weighted by Gasteiger charge is 2.30. The maximum atomic E-state index is 12.9. The first-order valence-electron chi connectivity index (χ1n) is 7.46. The van der Waals surface area contributed by atoms with E-state index in [9.17, 15) is 17.6 Å². The first-order chi connectivity index (χ1) is 11.8. The molecule has 1 N–H and O–H groups in total. The lowest BCUT2D eigenvalue weighted by molar-refractivity contribution is -0.137. The molecule has 0 unspecified atom stereocenters. The third kappa shape index (κ3) is 4.17. The van der Waals surface area contributed by atoms with Crippen molar-refractivity contribution in [2.45, 2.75) is 19.6 Å². The molecule has 2 nitrogen and oxygen atoms in total. The Balaban J connectivity index is 1.74. The zero-order valence-corrected chi connectivity index (χ0v) is 14.0. The number of hydrogen-bond acceptors (Lipinski definition) is 3. The SMILES string of the molecule is Cc1nc(-c2ccc(C(F)(F)F)cc2)sc1NCc1ccc(F)cc1. The van der Waals surface area contributed by atoms with E-state index in [0.29, 0.717) is 17.1 Å². The second-order valence-corrected chi connectivity index (χ2v) is 6.49. The monoisotopic (exact) mass is 366 g/mol. The zero-order chi connectivity index (χ0) is 18.0. The summed E-state index contributed by atoms with van der Waals surface area (Å²) in [5.41, 5.74) is 1.64. The van der Waals surface area contributed by atoms with Crippen LogP contribution < -0.4 is 5.32 Å². The Hall–Kier alpha value is -2.41. The molecule has 0 fully saturated rings. The minimum absolute atomic E-state index is 0.290. The highest BCUT2D eigenvalue weighted by atomic mass is 32.1. The second kappa shape index (κ2) is 6.84. The average Bonchev–Trinajstić information content (AvgIpc) is 2.95. The van der Waals surface area contributed by atoms with Gasteiger partial charge in [0, 0.05) is 12.1 Å². The number of anilines is 1. The van der Waals surface area contributed by atoms with Gasteiger partial charge >= 0.3 is 6.18 Å². The van der Waals surface area contributed by atoms with Gasteiger partial charge in [0.15, 0.2) is 0 Å². The van der Waals surface area contributed by atoms with Crippen molar-refractivity contribution in [2.24, 2.45) is 0 Å². The molecular formula is C18H14F4N2S. The molecule has 0 aliphatic rings. The molecule has 0 spiro atoms. The molecule has 0 aliphatic carbocycles. The summed E-state index contributed by atoms with van der Waals surface area (Å²) in [7, 11) is 0. The van der Waals surface area contributed by atoms with Gasteiger partial charge in [0.25, 0.3) is 0 Å². The van der Waals surface area contributed by atoms with Gasteiger partial charge in [-0.15, -0.1) is 0 Å². The molecule has 0 atom stereocenters. The van der Waals surface area contributed by atoms with Gasteiger partial charge < -0.3 is 5.32 Å².